The van der Waals surface area contributed by atoms with E-state index in [9.17, 15) is 0 Å². The molecule has 0 bridgehead atoms. The van der Waals surface area contributed by atoms with Crippen molar-refractivity contribution in [3.63, 3.8) is 0 Å². The van der Waals surface area contributed by atoms with Gasteiger partial charge in [-0.2, -0.15) is 0 Å². The number of hydrogen-bond acceptors (Lipinski definition) is 0. The van der Waals surface area contributed by atoms with Crippen molar-refractivity contribution in [2.24, 2.45) is 17.3 Å². The number of allylic oxidation sites excluding steroid dienone is 1. The summed E-state index contributed by atoms with van der Waals surface area (Å²) in [5.41, 5.74) is 1.83. The maximum Gasteiger partial charge on any atom is -0.0119 e. The van der Waals surface area contributed by atoms with Crippen molar-refractivity contribution in [2.45, 2.75) is 34.1 Å². The normalized spacial score (nSPS) is 38.6. The molecule has 0 radical (unpaired) electrons. The van der Waals surface area contributed by atoms with Crippen LogP contribution in [0.15, 0.2) is 12.2 Å². The van der Waals surface area contributed by atoms with E-state index in [1.54, 1.807) is 0 Å². The summed E-state index contributed by atoms with van der Waals surface area (Å²) in [5, 5.41) is 0. The van der Waals surface area contributed by atoms with Gasteiger partial charge in [-0.3, -0.25) is 0 Å². The molecule has 1 fully saturated rings. The molecule has 0 N–H and O–H groups in total. The highest BCUT2D eigenvalue weighted by atomic mass is 14.4. The van der Waals surface area contributed by atoms with Crippen LogP contribution in [0.1, 0.15) is 34.1 Å². The number of hydrogen-bond donors (Lipinski definition) is 0. The van der Waals surface area contributed by atoms with Gasteiger partial charge in [0, 0.05) is 0 Å². The van der Waals surface area contributed by atoms with Crippen LogP contribution in [0.5, 0.6) is 0 Å². The minimum atomic E-state index is 0.388. The minimum Gasteiger partial charge on any atom is -0.0990 e. The third-order valence-corrected chi connectivity index (χ3v) is 3.36. The van der Waals surface area contributed by atoms with Crippen molar-refractivity contribution < 1.29 is 0 Å². The van der Waals surface area contributed by atoms with Gasteiger partial charge in [0.1, 0.15) is 0 Å². The summed E-state index contributed by atoms with van der Waals surface area (Å²) < 4.78 is 0. The molecule has 0 aromatic heterocycles. The zero-order valence-corrected chi connectivity index (χ0v) is 7.57. The SMILES string of the molecule is C=C1[C@H](C)C[C@H](C)C1(C)C. The fraction of sp³-hybridized carbons (Fsp3) is 0.800. The second kappa shape index (κ2) is 2.11. The molecule has 0 aromatic carbocycles. The second-order valence-corrected chi connectivity index (χ2v) is 4.28. The van der Waals surface area contributed by atoms with E-state index in [1.807, 2.05) is 0 Å². The maximum atomic E-state index is 4.14. The highest BCUT2D eigenvalue weighted by Crippen LogP contribution is 2.48. The number of rotatable bonds is 0. The van der Waals surface area contributed by atoms with Gasteiger partial charge in [-0.1, -0.05) is 39.8 Å². The molecular formula is C10H18. The summed E-state index contributed by atoms with van der Waals surface area (Å²) in [6.07, 6.45) is 1.33. The third kappa shape index (κ3) is 0.902. The van der Waals surface area contributed by atoms with Crippen LogP contribution >= 0.6 is 0 Å². The van der Waals surface area contributed by atoms with Gasteiger partial charge in [-0.15, -0.1) is 0 Å². The van der Waals surface area contributed by atoms with E-state index in [1.165, 1.54) is 12.0 Å². The average molecular weight is 138 g/mol. The Morgan fingerprint density at radius 1 is 1.40 bits per heavy atom. The maximum absolute atomic E-state index is 4.14. The van der Waals surface area contributed by atoms with Crippen molar-refractivity contribution in [3.8, 4) is 0 Å². The van der Waals surface area contributed by atoms with Crippen LogP contribution in [0.2, 0.25) is 0 Å². The Bertz CT molecular complexity index is 153. The van der Waals surface area contributed by atoms with E-state index in [0.29, 0.717) is 5.41 Å². The minimum absolute atomic E-state index is 0.388. The van der Waals surface area contributed by atoms with Gasteiger partial charge in [0.25, 0.3) is 0 Å². The highest BCUT2D eigenvalue weighted by molar-refractivity contribution is 5.17. The lowest BCUT2D eigenvalue weighted by molar-refractivity contribution is 0.332. The van der Waals surface area contributed by atoms with Crippen molar-refractivity contribution in [2.75, 3.05) is 0 Å². The molecule has 10 heavy (non-hydrogen) atoms. The van der Waals surface area contributed by atoms with Gasteiger partial charge < -0.3 is 0 Å². The van der Waals surface area contributed by atoms with Crippen LogP contribution in [0.4, 0.5) is 0 Å². The molecule has 2 atom stereocenters. The van der Waals surface area contributed by atoms with Gasteiger partial charge in [-0.05, 0) is 23.7 Å². The van der Waals surface area contributed by atoms with Crippen LogP contribution in [-0.2, 0) is 0 Å². The quantitative estimate of drug-likeness (QED) is 0.451. The smallest absolute Gasteiger partial charge is 0.0119 e. The van der Waals surface area contributed by atoms with Crippen molar-refractivity contribution in [1.29, 1.82) is 0 Å². The third-order valence-electron chi connectivity index (χ3n) is 3.36. The molecule has 0 heterocycles. The lowest BCUT2D eigenvalue weighted by Crippen LogP contribution is -2.15. The van der Waals surface area contributed by atoms with E-state index in [2.05, 4.69) is 34.3 Å². The van der Waals surface area contributed by atoms with E-state index < -0.39 is 0 Å². The van der Waals surface area contributed by atoms with Gasteiger partial charge >= 0.3 is 0 Å². The van der Waals surface area contributed by atoms with Crippen LogP contribution in [-0.4, -0.2) is 0 Å². The van der Waals surface area contributed by atoms with Crippen LogP contribution in [0.25, 0.3) is 0 Å². The molecule has 0 saturated heterocycles. The molecule has 1 aliphatic carbocycles. The summed E-state index contributed by atoms with van der Waals surface area (Å²) in [7, 11) is 0. The fourth-order valence-electron chi connectivity index (χ4n) is 1.92. The molecule has 0 aliphatic heterocycles. The predicted octanol–water partition coefficient (Wildman–Crippen LogP) is 3.24. The van der Waals surface area contributed by atoms with Gasteiger partial charge in [0.05, 0.1) is 0 Å². The van der Waals surface area contributed by atoms with E-state index >= 15 is 0 Å². The molecule has 1 saturated carbocycles. The Hall–Kier alpha value is -0.260. The Morgan fingerprint density at radius 3 is 2.00 bits per heavy atom. The molecular weight excluding hydrogens is 120 g/mol. The molecule has 0 heteroatoms. The molecule has 0 aromatic rings. The highest BCUT2D eigenvalue weighted by Gasteiger charge is 2.38. The molecule has 1 aliphatic rings. The lowest BCUT2D eigenvalue weighted by atomic mass is 9.80. The average Bonchev–Trinajstić information content (AvgIpc) is 1.97. The summed E-state index contributed by atoms with van der Waals surface area (Å²) >= 11 is 0. The molecule has 58 valence electrons. The van der Waals surface area contributed by atoms with Crippen molar-refractivity contribution in [3.05, 3.63) is 12.2 Å². The first-order valence-corrected chi connectivity index (χ1v) is 4.15. The Kier molecular flexibility index (Phi) is 1.66. The molecule has 0 nitrogen and oxygen atoms in total. The fourth-order valence-corrected chi connectivity index (χ4v) is 1.92. The molecule has 0 unspecified atom stereocenters. The van der Waals surface area contributed by atoms with Gasteiger partial charge in [0.15, 0.2) is 0 Å². The summed E-state index contributed by atoms with van der Waals surface area (Å²) in [5.74, 6) is 1.56. The van der Waals surface area contributed by atoms with E-state index in [-0.39, 0.29) is 0 Å². The lowest BCUT2D eigenvalue weighted by Gasteiger charge is -2.25. The van der Waals surface area contributed by atoms with Crippen molar-refractivity contribution >= 4 is 0 Å². The molecule has 0 spiro atoms. The second-order valence-electron chi connectivity index (χ2n) is 4.28. The zero-order chi connectivity index (χ0) is 7.94. The summed E-state index contributed by atoms with van der Waals surface area (Å²) in [6, 6.07) is 0. The first kappa shape index (κ1) is 7.84. The van der Waals surface area contributed by atoms with E-state index in [4.69, 9.17) is 0 Å². The van der Waals surface area contributed by atoms with Crippen LogP contribution in [0.3, 0.4) is 0 Å². The Morgan fingerprint density at radius 2 is 1.90 bits per heavy atom. The first-order valence-electron chi connectivity index (χ1n) is 4.15. The molecule has 1 rings (SSSR count). The first-order chi connectivity index (χ1) is 4.46. The predicted molar refractivity (Wildman–Crippen MR) is 45.9 cm³/mol. The van der Waals surface area contributed by atoms with Crippen molar-refractivity contribution in [1.82, 2.24) is 0 Å². The summed E-state index contributed by atoms with van der Waals surface area (Å²) in [4.78, 5) is 0. The van der Waals surface area contributed by atoms with Gasteiger partial charge in [-0.25, -0.2) is 0 Å². The zero-order valence-electron chi connectivity index (χ0n) is 7.57. The molecule has 0 amide bonds. The Balaban J connectivity index is 2.85. The standard InChI is InChI=1S/C10H18/c1-7-6-8(2)10(4,5)9(7)3/h7-8H,3,6H2,1-2,4-5H3/t7-,8+/m1/s1. The largest absolute Gasteiger partial charge is 0.0990 e. The Labute approximate surface area is 64.3 Å². The van der Waals surface area contributed by atoms with E-state index in [0.717, 1.165) is 11.8 Å². The van der Waals surface area contributed by atoms with Crippen LogP contribution in [0, 0.1) is 17.3 Å². The van der Waals surface area contributed by atoms with Crippen LogP contribution < -0.4 is 0 Å². The summed E-state index contributed by atoms with van der Waals surface area (Å²) in [6.45, 7) is 13.4. The monoisotopic (exact) mass is 138 g/mol. The topological polar surface area (TPSA) is 0 Å². The van der Waals surface area contributed by atoms with Gasteiger partial charge in [0.2, 0.25) is 0 Å².